The molecule has 0 unspecified atom stereocenters. The zero-order chi connectivity index (χ0) is 17.4. The summed E-state index contributed by atoms with van der Waals surface area (Å²) in [6.07, 6.45) is 0. The lowest BCUT2D eigenvalue weighted by Crippen LogP contribution is -2.33. The molecule has 1 atom stereocenters. The average Bonchev–Trinajstić information content (AvgIpc) is 2.74. The molecule has 0 bridgehead atoms. The first-order valence-electron chi connectivity index (χ1n) is 7.22. The largest absolute Gasteiger partial charge is 0.332 e. The van der Waals surface area contributed by atoms with Crippen LogP contribution in [0.4, 0.5) is 19.3 Å². The van der Waals surface area contributed by atoms with E-state index in [-0.39, 0.29) is 12.1 Å². The van der Waals surface area contributed by atoms with Crippen LogP contribution in [0.15, 0.2) is 42.5 Å². The average molecular weight is 351 g/mol. The van der Waals surface area contributed by atoms with Crippen LogP contribution in [0, 0.1) is 11.6 Å². The van der Waals surface area contributed by atoms with E-state index in [4.69, 9.17) is 11.6 Å². The molecular weight excluding hydrogens is 338 g/mol. The predicted octanol–water partition coefficient (Wildman–Crippen LogP) is 3.98. The van der Waals surface area contributed by atoms with Crippen molar-refractivity contribution in [2.75, 3.05) is 4.90 Å². The van der Waals surface area contributed by atoms with Crippen molar-refractivity contribution in [3.8, 4) is 0 Å². The van der Waals surface area contributed by atoms with Crippen molar-refractivity contribution in [1.82, 2.24) is 4.90 Å². The summed E-state index contributed by atoms with van der Waals surface area (Å²) in [7, 11) is 0. The van der Waals surface area contributed by atoms with Gasteiger partial charge < -0.3 is 4.90 Å². The Labute approximate surface area is 142 Å². The first kappa shape index (κ1) is 16.4. The molecule has 7 heteroatoms. The Kier molecular flexibility index (Phi) is 4.24. The van der Waals surface area contributed by atoms with E-state index in [1.807, 2.05) is 0 Å². The van der Waals surface area contributed by atoms with E-state index in [0.29, 0.717) is 10.7 Å². The van der Waals surface area contributed by atoms with Gasteiger partial charge in [-0.2, -0.15) is 0 Å². The van der Waals surface area contributed by atoms with E-state index in [0.717, 1.165) is 17.0 Å². The van der Waals surface area contributed by atoms with Gasteiger partial charge in [0.2, 0.25) is 0 Å². The molecule has 124 valence electrons. The van der Waals surface area contributed by atoms with E-state index >= 15 is 0 Å². The van der Waals surface area contributed by atoms with Gasteiger partial charge in [0.25, 0.3) is 5.91 Å². The van der Waals surface area contributed by atoms with Gasteiger partial charge >= 0.3 is 6.03 Å². The van der Waals surface area contributed by atoms with Crippen molar-refractivity contribution < 1.29 is 18.4 Å². The van der Waals surface area contributed by atoms with Gasteiger partial charge in [0.1, 0.15) is 17.7 Å². The fourth-order valence-electron chi connectivity index (χ4n) is 2.57. The number of benzene rings is 2. The van der Waals surface area contributed by atoms with Gasteiger partial charge in [-0.1, -0.05) is 17.7 Å². The first-order valence-corrected chi connectivity index (χ1v) is 7.60. The topological polar surface area (TPSA) is 40.6 Å². The maximum absolute atomic E-state index is 13.8. The van der Waals surface area contributed by atoms with Crippen LogP contribution in [0.3, 0.4) is 0 Å². The van der Waals surface area contributed by atoms with Crippen LogP contribution in [0.25, 0.3) is 0 Å². The summed E-state index contributed by atoms with van der Waals surface area (Å²) in [6, 6.07) is 8.09. The minimum atomic E-state index is -0.757. The Morgan fingerprint density at radius 3 is 2.38 bits per heavy atom. The number of carbonyl (C=O) groups excluding carboxylic acids is 2. The molecule has 1 heterocycles. The van der Waals surface area contributed by atoms with Crippen LogP contribution in [-0.2, 0) is 11.3 Å². The number of nitrogens with zero attached hydrogens (tertiary/aromatic N) is 2. The van der Waals surface area contributed by atoms with Crippen LogP contribution < -0.4 is 4.90 Å². The normalized spacial score (nSPS) is 17.8. The first-order chi connectivity index (χ1) is 11.4. The molecular formula is C17H13ClF2N2O2. The number of halogens is 3. The second-order valence-corrected chi connectivity index (χ2v) is 5.91. The number of imide groups is 1. The molecule has 2 aromatic rings. The zero-order valence-corrected chi connectivity index (χ0v) is 13.4. The molecule has 24 heavy (non-hydrogen) atoms. The fraction of sp³-hybridized carbons (Fsp3) is 0.176. The molecule has 1 fully saturated rings. The fourth-order valence-corrected chi connectivity index (χ4v) is 2.70. The molecule has 1 aliphatic rings. The Morgan fingerprint density at radius 1 is 1.08 bits per heavy atom. The molecule has 0 saturated carbocycles. The van der Waals surface area contributed by atoms with Crippen LogP contribution in [-0.4, -0.2) is 22.9 Å². The van der Waals surface area contributed by atoms with Crippen molar-refractivity contribution in [2.45, 2.75) is 19.5 Å². The third-order valence-corrected chi connectivity index (χ3v) is 4.17. The number of hydrogen-bond donors (Lipinski definition) is 0. The quantitative estimate of drug-likeness (QED) is 0.786. The second-order valence-electron chi connectivity index (χ2n) is 5.47. The van der Waals surface area contributed by atoms with Crippen LogP contribution in [0.5, 0.6) is 0 Å². The molecule has 1 aliphatic heterocycles. The van der Waals surface area contributed by atoms with Gasteiger partial charge in [-0.15, -0.1) is 0 Å². The van der Waals surface area contributed by atoms with Gasteiger partial charge in [-0.25, -0.2) is 18.5 Å². The Bertz CT molecular complexity index is 811. The summed E-state index contributed by atoms with van der Waals surface area (Å²) < 4.78 is 26.8. The number of urea groups is 1. The maximum atomic E-state index is 13.8. The highest BCUT2D eigenvalue weighted by Crippen LogP contribution is 2.28. The molecule has 4 nitrogen and oxygen atoms in total. The number of hydrogen-bond acceptors (Lipinski definition) is 2. The van der Waals surface area contributed by atoms with Crippen LogP contribution in [0.1, 0.15) is 12.5 Å². The molecule has 1 saturated heterocycles. The van der Waals surface area contributed by atoms with Gasteiger partial charge in [-0.05, 0) is 37.3 Å². The summed E-state index contributed by atoms with van der Waals surface area (Å²) in [4.78, 5) is 27.3. The Balaban J connectivity index is 1.88. The highest BCUT2D eigenvalue weighted by atomic mass is 35.5. The second kappa shape index (κ2) is 6.20. The van der Waals surface area contributed by atoms with Gasteiger partial charge in [0.15, 0.2) is 0 Å². The lowest BCUT2D eigenvalue weighted by Gasteiger charge is -2.19. The van der Waals surface area contributed by atoms with Crippen molar-refractivity contribution >= 4 is 29.2 Å². The van der Waals surface area contributed by atoms with Crippen molar-refractivity contribution in [1.29, 1.82) is 0 Å². The maximum Gasteiger partial charge on any atom is 0.332 e. The molecule has 0 N–H and O–H groups in total. The molecule has 0 radical (unpaired) electrons. The lowest BCUT2D eigenvalue weighted by atomic mass is 10.2. The van der Waals surface area contributed by atoms with Crippen molar-refractivity contribution in [3.63, 3.8) is 0 Å². The van der Waals surface area contributed by atoms with E-state index in [1.54, 1.807) is 31.2 Å². The summed E-state index contributed by atoms with van der Waals surface area (Å²) in [5.74, 6) is -1.87. The van der Waals surface area contributed by atoms with E-state index in [2.05, 4.69) is 0 Å². The summed E-state index contributed by atoms with van der Waals surface area (Å²) >= 11 is 5.81. The summed E-state index contributed by atoms with van der Waals surface area (Å²) in [5, 5.41) is 0.483. The van der Waals surface area contributed by atoms with E-state index in [9.17, 15) is 18.4 Å². The van der Waals surface area contributed by atoms with Crippen molar-refractivity contribution in [3.05, 3.63) is 64.7 Å². The minimum absolute atomic E-state index is 0.123. The number of amides is 3. The van der Waals surface area contributed by atoms with Gasteiger partial charge in [0.05, 0.1) is 12.2 Å². The summed E-state index contributed by atoms with van der Waals surface area (Å²) in [5.41, 5.74) is 0.533. The summed E-state index contributed by atoms with van der Waals surface area (Å²) in [6.45, 7) is 1.44. The van der Waals surface area contributed by atoms with E-state index in [1.165, 1.54) is 11.0 Å². The number of rotatable bonds is 3. The molecule has 3 amide bonds. The highest BCUT2D eigenvalue weighted by molar-refractivity contribution is 6.30. The molecule has 0 spiro atoms. The van der Waals surface area contributed by atoms with Crippen LogP contribution >= 0.6 is 11.6 Å². The minimum Gasteiger partial charge on any atom is -0.308 e. The monoisotopic (exact) mass is 350 g/mol. The highest BCUT2D eigenvalue weighted by Gasteiger charge is 2.43. The number of anilines is 1. The SMILES string of the molecule is C[C@H]1C(=O)N(c2ccc(Cl)cc2)C(=O)N1Cc1ccc(F)cc1F. The van der Waals surface area contributed by atoms with Gasteiger partial charge in [0, 0.05) is 16.7 Å². The molecule has 0 aromatic heterocycles. The predicted molar refractivity (Wildman–Crippen MR) is 85.7 cm³/mol. The number of carbonyl (C=O) groups is 2. The zero-order valence-electron chi connectivity index (χ0n) is 12.7. The van der Waals surface area contributed by atoms with E-state index < -0.39 is 29.6 Å². The molecule has 2 aromatic carbocycles. The molecule has 0 aliphatic carbocycles. The lowest BCUT2D eigenvalue weighted by molar-refractivity contribution is -0.119. The Morgan fingerprint density at radius 2 is 1.75 bits per heavy atom. The Hall–Kier alpha value is -2.47. The molecule has 3 rings (SSSR count). The third kappa shape index (κ3) is 2.85. The standard InChI is InChI=1S/C17H13ClF2N2O2/c1-10-16(23)22(14-6-3-12(18)4-7-14)17(24)21(10)9-11-2-5-13(19)8-15(11)20/h2-8,10H,9H2,1H3/t10-/m0/s1. The smallest absolute Gasteiger partial charge is 0.308 e. The third-order valence-electron chi connectivity index (χ3n) is 3.92. The van der Waals surface area contributed by atoms with Crippen LogP contribution in [0.2, 0.25) is 5.02 Å². The van der Waals surface area contributed by atoms with Gasteiger partial charge in [-0.3, -0.25) is 4.79 Å². The van der Waals surface area contributed by atoms with Crippen molar-refractivity contribution in [2.24, 2.45) is 0 Å².